The van der Waals surface area contributed by atoms with Gasteiger partial charge in [-0.3, -0.25) is 9.78 Å². The first-order valence-corrected chi connectivity index (χ1v) is 11.0. The molecule has 1 aromatic heterocycles. The highest BCUT2D eigenvalue weighted by Gasteiger charge is 2.23. The van der Waals surface area contributed by atoms with E-state index in [0.29, 0.717) is 40.8 Å². The minimum absolute atomic E-state index is 0.219. The first kappa shape index (κ1) is 23.3. The number of hydrogen-bond donors (Lipinski definition) is 1. The van der Waals surface area contributed by atoms with Gasteiger partial charge in [-0.05, 0) is 62.4 Å². The third kappa shape index (κ3) is 6.31. The summed E-state index contributed by atoms with van der Waals surface area (Å²) in [7, 11) is 1.74. The Morgan fingerprint density at radius 3 is 2.52 bits per heavy atom. The van der Waals surface area contributed by atoms with E-state index in [9.17, 15) is 9.59 Å². The number of aromatic nitrogens is 1. The van der Waals surface area contributed by atoms with Crippen LogP contribution < -0.4 is 5.76 Å². The van der Waals surface area contributed by atoms with Crippen molar-refractivity contribution >= 4 is 29.1 Å². The number of nitrogens with zero attached hydrogens (tertiary/aromatic N) is 2. The van der Waals surface area contributed by atoms with Crippen molar-refractivity contribution in [1.29, 1.82) is 0 Å². The van der Waals surface area contributed by atoms with E-state index in [0.717, 1.165) is 37.9 Å². The fourth-order valence-corrected chi connectivity index (χ4v) is 4.27. The van der Waals surface area contributed by atoms with Crippen molar-refractivity contribution in [3.63, 3.8) is 0 Å². The summed E-state index contributed by atoms with van der Waals surface area (Å²) < 4.78 is 10.7. The van der Waals surface area contributed by atoms with E-state index >= 15 is 0 Å². The number of piperidine rings is 1. The van der Waals surface area contributed by atoms with E-state index in [4.69, 9.17) is 32.4 Å². The van der Waals surface area contributed by atoms with Crippen molar-refractivity contribution in [3.05, 3.63) is 68.3 Å². The quantitative estimate of drug-likeness (QED) is 0.580. The normalized spacial score (nSPS) is 14.5. The molecule has 2 aromatic rings. The molecule has 1 N–H and O–H groups in total. The smallest absolute Gasteiger partial charge is 0.417 e. The number of halogens is 2. The van der Waals surface area contributed by atoms with Crippen LogP contribution in [-0.2, 0) is 11.3 Å². The van der Waals surface area contributed by atoms with Crippen LogP contribution in [0.25, 0.3) is 0 Å². The molecule has 1 fully saturated rings. The summed E-state index contributed by atoms with van der Waals surface area (Å²) >= 11 is 12.1. The summed E-state index contributed by atoms with van der Waals surface area (Å²) in [5.74, 6) is 0.622. The van der Waals surface area contributed by atoms with Gasteiger partial charge >= 0.3 is 5.76 Å². The van der Waals surface area contributed by atoms with Gasteiger partial charge in [-0.15, -0.1) is 0 Å². The Bertz CT molecular complexity index is 973. The minimum atomic E-state index is -0.609. The molecular weight excluding hydrogens is 441 g/mol. The van der Waals surface area contributed by atoms with Crippen LogP contribution >= 0.6 is 23.2 Å². The van der Waals surface area contributed by atoms with Crippen LogP contribution in [0.3, 0.4) is 0 Å². The molecule has 2 heterocycles. The molecule has 1 aliphatic rings. The zero-order chi connectivity index (χ0) is 22.5. The lowest BCUT2D eigenvalue weighted by molar-refractivity contribution is 0.0718. The number of oxazole rings is 1. The van der Waals surface area contributed by atoms with E-state index in [2.05, 4.69) is 16.5 Å². The van der Waals surface area contributed by atoms with Crippen LogP contribution in [-0.4, -0.2) is 47.4 Å². The fraction of sp³-hybridized carbons (Fsp3) is 0.455. The summed E-state index contributed by atoms with van der Waals surface area (Å²) in [4.78, 5) is 29.9. The first-order valence-electron chi connectivity index (χ1n) is 10.2. The maximum absolute atomic E-state index is 12.5. The molecule has 0 saturated carbocycles. The second-order valence-electron chi connectivity index (χ2n) is 7.85. The zero-order valence-corrected chi connectivity index (χ0v) is 19.3. The predicted molar refractivity (Wildman–Crippen MR) is 120 cm³/mol. The summed E-state index contributed by atoms with van der Waals surface area (Å²) in [6.07, 6.45) is 2.88. The largest absolute Gasteiger partial charge is 0.475 e. The van der Waals surface area contributed by atoms with Crippen molar-refractivity contribution in [2.75, 3.05) is 26.7 Å². The highest BCUT2D eigenvalue weighted by atomic mass is 35.5. The van der Waals surface area contributed by atoms with Gasteiger partial charge < -0.3 is 19.0 Å². The van der Waals surface area contributed by atoms with Gasteiger partial charge in [0.05, 0.1) is 0 Å². The number of hydrogen-bond acceptors (Lipinski definition) is 5. The molecule has 31 heavy (non-hydrogen) atoms. The number of aromatic amines is 1. The van der Waals surface area contributed by atoms with Gasteiger partial charge in [0.15, 0.2) is 5.88 Å². The summed E-state index contributed by atoms with van der Waals surface area (Å²) in [6.45, 7) is 8.34. The highest BCUT2D eigenvalue weighted by molar-refractivity contribution is 6.34. The van der Waals surface area contributed by atoms with Crippen molar-refractivity contribution in [2.45, 2.75) is 32.8 Å². The number of benzene rings is 1. The van der Waals surface area contributed by atoms with Crippen molar-refractivity contribution in [3.8, 4) is 0 Å². The Hall–Kier alpha value is -2.38. The molecule has 0 aliphatic carbocycles. The van der Waals surface area contributed by atoms with Crippen molar-refractivity contribution < 1.29 is 13.9 Å². The van der Waals surface area contributed by atoms with Gasteiger partial charge in [-0.1, -0.05) is 23.2 Å². The third-order valence-electron chi connectivity index (χ3n) is 5.55. The summed E-state index contributed by atoms with van der Waals surface area (Å²) in [6, 6.07) is 5.34. The second kappa shape index (κ2) is 10.3. The van der Waals surface area contributed by atoms with Gasteiger partial charge in [0.1, 0.15) is 18.1 Å². The number of nitrogens with one attached hydrogen (secondary N) is 1. The van der Waals surface area contributed by atoms with Gasteiger partial charge in [0.25, 0.3) is 5.91 Å². The monoisotopic (exact) mass is 467 g/mol. The maximum Gasteiger partial charge on any atom is 0.417 e. The lowest BCUT2D eigenvalue weighted by atomic mass is 9.93. The van der Waals surface area contributed by atoms with E-state index in [1.807, 2.05) is 12.1 Å². The number of amides is 1. The molecule has 1 aromatic carbocycles. The Balaban J connectivity index is 1.40. The summed E-state index contributed by atoms with van der Waals surface area (Å²) in [5.41, 5.74) is 1.12. The molecule has 1 aliphatic heterocycles. The number of H-pyrrole nitrogens is 1. The number of aryl methyl sites for hydroxylation is 1. The van der Waals surface area contributed by atoms with Crippen LogP contribution in [0.15, 0.2) is 39.9 Å². The van der Waals surface area contributed by atoms with Gasteiger partial charge in [0.2, 0.25) is 0 Å². The second-order valence-corrected chi connectivity index (χ2v) is 8.72. The van der Waals surface area contributed by atoms with Gasteiger partial charge in [0, 0.05) is 36.7 Å². The zero-order valence-electron chi connectivity index (χ0n) is 17.7. The standard InChI is InChI=1S/C22H27Cl2N3O4/c1-14-20(25-22(29)31-14)21(28)26(3)7-4-16-5-8-27(9-6-16)15(2)30-13-17-10-18(23)12-19(24)11-17/h10-12,16H,2,4-9,13H2,1,3H3,(H,25,29). The molecule has 1 saturated heterocycles. The fourth-order valence-electron chi connectivity index (χ4n) is 3.70. The molecular formula is C22H27Cl2N3O4. The topological polar surface area (TPSA) is 78.8 Å². The molecule has 9 heteroatoms. The summed E-state index contributed by atoms with van der Waals surface area (Å²) in [5, 5.41) is 1.16. The molecule has 0 bridgehead atoms. The molecule has 0 atom stereocenters. The van der Waals surface area contributed by atoms with Crippen LogP contribution in [0, 0.1) is 12.8 Å². The molecule has 0 unspecified atom stereocenters. The van der Waals surface area contributed by atoms with Crippen LogP contribution in [0.4, 0.5) is 0 Å². The Morgan fingerprint density at radius 2 is 1.94 bits per heavy atom. The number of ether oxygens (including phenoxy) is 1. The van der Waals surface area contributed by atoms with Gasteiger partial charge in [-0.2, -0.15) is 0 Å². The SMILES string of the molecule is C=C(OCc1cc(Cl)cc(Cl)c1)N1CCC(CCN(C)C(=O)c2[nH]c(=O)oc2C)CC1. The maximum atomic E-state index is 12.5. The lowest BCUT2D eigenvalue weighted by Crippen LogP contribution is -2.35. The minimum Gasteiger partial charge on any atom is -0.475 e. The Morgan fingerprint density at radius 1 is 1.29 bits per heavy atom. The molecule has 0 radical (unpaired) electrons. The third-order valence-corrected chi connectivity index (χ3v) is 5.99. The van der Waals surface area contributed by atoms with Crippen LogP contribution in [0.5, 0.6) is 0 Å². The van der Waals surface area contributed by atoms with E-state index in [-0.39, 0.29) is 11.6 Å². The number of carbonyl (C=O) groups is 1. The number of carbonyl (C=O) groups excluding carboxylic acids is 1. The average Bonchev–Trinajstić information content (AvgIpc) is 3.07. The first-order chi connectivity index (χ1) is 14.7. The molecule has 1 amide bonds. The molecule has 0 spiro atoms. The molecule has 168 valence electrons. The van der Waals surface area contributed by atoms with E-state index in [1.165, 1.54) is 0 Å². The Kier molecular flexibility index (Phi) is 7.73. The van der Waals surface area contributed by atoms with Crippen molar-refractivity contribution in [2.24, 2.45) is 5.92 Å². The van der Waals surface area contributed by atoms with E-state index < -0.39 is 5.76 Å². The highest BCUT2D eigenvalue weighted by Crippen LogP contribution is 2.25. The predicted octanol–water partition coefficient (Wildman–Crippen LogP) is 4.45. The number of rotatable bonds is 8. The van der Waals surface area contributed by atoms with E-state index in [1.54, 1.807) is 24.9 Å². The van der Waals surface area contributed by atoms with Crippen LogP contribution in [0.1, 0.15) is 41.1 Å². The molecule has 3 rings (SSSR count). The van der Waals surface area contributed by atoms with Crippen molar-refractivity contribution in [1.82, 2.24) is 14.8 Å². The lowest BCUT2D eigenvalue weighted by Gasteiger charge is -2.34. The van der Waals surface area contributed by atoms with Gasteiger partial charge in [-0.25, -0.2) is 4.79 Å². The Labute approximate surface area is 191 Å². The average molecular weight is 468 g/mol. The molecule has 7 nitrogen and oxygen atoms in total. The van der Waals surface area contributed by atoms with Crippen LogP contribution in [0.2, 0.25) is 10.0 Å². The number of likely N-dealkylation sites (tertiary alicyclic amines) is 1.